The van der Waals surface area contributed by atoms with Crippen LogP contribution in [0.5, 0.6) is 5.75 Å². The monoisotopic (exact) mass is 312 g/mol. The Morgan fingerprint density at radius 2 is 1.87 bits per heavy atom. The molecule has 3 nitrogen and oxygen atoms in total. The molecule has 0 N–H and O–H groups in total. The van der Waals surface area contributed by atoms with E-state index < -0.39 is 12.0 Å². The van der Waals surface area contributed by atoms with Gasteiger partial charge in [0.15, 0.2) is 5.75 Å². The Morgan fingerprint density at radius 1 is 1.09 bits per heavy atom. The number of unbranched alkanes of at least 4 members (excludes halogenated alkanes) is 1. The lowest BCUT2D eigenvalue weighted by Crippen LogP contribution is -2.12. The van der Waals surface area contributed by atoms with Crippen molar-refractivity contribution >= 4 is 27.7 Å². The molecule has 0 heterocycles. The summed E-state index contributed by atoms with van der Waals surface area (Å²) in [6, 6.07) is 14.1. The average Bonchev–Trinajstić information content (AvgIpc) is 2.55. The highest BCUT2D eigenvalue weighted by Gasteiger charge is 2.16. The summed E-state index contributed by atoms with van der Waals surface area (Å²) in [4.78, 5) is 11.9. The molecule has 0 aliphatic heterocycles. The number of rotatable bonds is 4. The van der Waals surface area contributed by atoms with E-state index in [1.165, 1.54) is 6.07 Å². The SMILES string of the molecule is CCCCOC(=O)Oc1c2ccccc2cc2cccc(F)c12. The second-order valence-corrected chi connectivity index (χ2v) is 5.32. The third kappa shape index (κ3) is 3.11. The molecule has 0 unspecified atom stereocenters. The fourth-order valence-electron chi connectivity index (χ4n) is 2.55. The molecule has 3 aromatic rings. The van der Waals surface area contributed by atoms with Crippen molar-refractivity contribution in [3.05, 3.63) is 54.3 Å². The first kappa shape index (κ1) is 15.3. The van der Waals surface area contributed by atoms with Crippen molar-refractivity contribution < 1.29 is 18.7 Å². The van der Waals surface area contributed by atoms with Crippen molar-refractivity contribution in [1.82, 2.24) is 0 Å². The van der Waals surface area contributed by atoms with Crippen LogP contribution in [-0.2, 0) is 4.74 Å². The number of fused-ring (bicyclic) bond motifs is 2. The molecule has 0 saturated carbocycles. The molecule has 0 bridgehead atoms. The molecular weight excluding hydrogens is 295 g/mol. The van der Waals surface area contributed by atoms with Crippen LogP contribution < -0.4 is 4.74 Å². The van der Waals surface area contributed by atoms with Crippen LogP contribution in [0.3, 0.4) is 0 Å². The van der Waals surface area contributed by atoms with E-state index in [9.17, 15) is 9.18 Å². The summed E-state index contributed by atoms with van der Waals surface area (Å²) in [6.45, 7) is 2.29. The summed E-state index contributed by atoms with van der Waals surface area (Å²) < 4.78 is 24.7. The number of hydrogen-bond donors (Lipinski definition) is 0. The first-order valence-electron chi connectivity index (χ1n) is 7.65. The summed E-state index contributed by atoms with van der Waals surface area (Å²) in [5, 5.41) is 2.53. The fraction of sp³-hybridized carbons (Fsp3) is 0.211. The summed E-state index contributed by atoms with van der Waals surface area (Å²) in [5.74, 6) is -0.220. The zero-order valence-electron chi connectivity index (χ0n) is 12.8. The smallest absolute Gasteiger partial charge is 0.434 e. The summed E-state index contributed by atoms with van der Waals surface area (Å²) in [6.07, 6.45) is 0.873. The van der Waals surface area contributed by atoms with Gasteiger partial charge in [-0.3, -0.25) is 0 Å². The van der Waals surface area contributed by atoms with Gasteiger partial charge in [0.1, 0.15) is 5.82 Å². The number of halogens is 1. The lowest BCUT2D eigenvalue weighted by atomic mass is 10.0. The van der Waals surface area contributed by atoms with Crippen LogP contribution in [0.1, 0.15) is 19.8 Å². The zero-order chi connectivity index (χ0) is 16.2. The van der Waals surface area contributed by atoms with Crippen molar-refractivity contribution in [1.29, 1.82) is 0 Å². The van der Waals surface area contributed by atoms with Crippen LogP contribution in [0.25, 0.3) is 21.5 Å². The quantitative estimate of drug-likeness (QED) is 0.278. The molecule has 0 saturated heterocycles. The molecule has 0 aromatic heterocycles. The highest BCUT2D eigenvalue weighted by Crippen LogP contribution is 2.36. The third-order valence-electron chi connectivity index (χ3n) is 3.69. The van der Waals surface area contributed by atoms with E-state index in [2.05, 4.69) is 0 Å². The third-order valence-corrected chi connectivity index (χ3v) is 3.69. The minimum Gasteiger partial charge on any atom is -0.434 e. The normalized spacial score (nSPS) is 10.9. The number of benzene rings is 3. The Balaban J connectivity index is 2.09. The highest BCUT2D eigenvalue weighted by molar-refractivity contribution is 6.06. The van der Waals surface area contributed by atoms with Gasteiger partial charge in [-0.2, -0.15) is 0 Å². The van der Waals surface area contributed by atoms with Crippen molar-refractivity contribution in [2.75, 3.05) is 6.61 Å². The Labute approximate surface area is 133 Å². The van der Waals surface area contributed by atoms with Gasteiger partial charge in [-0.15, -0.1) is 0 Å². The minimum absolute atomic E-state index is 0.206. The van der Waals surface area contributed by atoms with E-state index in [4.69, 9.17) is 9.47 Å². The Hall–Kier alpha value is -2.62. The van der Waals surface area contributed by atoms with Gasteiger partial charge in [-0.1, -0.05) is 49.7 Å². The van der Waals surface area contributed by atoms with E-state index in [-0.39, 0.29) is 5.75 Å². The van der Waals surface area contributed by atoms with Crippen molar-refractivity contribution in [3.8, 4) is 5.75 Å². The molecule has 0 fully saturated rings. The van der Waals surface area contributed by atoms with Gasteiger partial charge in [-0.25, -0.2) is 9.18 Å². The van der Waals surface area contributed by atoms with Gasteiger partial charge >= 0.3 is 6.16 Å². The first-order valence-corrected chi connectivity index (χ1v) is 7.65. The summed E-state index contributed by atoms with van der Waals surface area (Å²) >= 11 is 0. The zero-order valence-corrected chi connectivity index (χ0v) is 12.8. The molecule has 0 spiro atoms. The number of ether oxygens (including phenoxy) is 2. The predicted octanol–water partition coefficient (Wildman–Crippen LogP) is 5.45. The average molecular weight is 312 g/mol. The highest BCUT2D eigenvalue weighted by atomic mass is 19.1. The van der Waals surface area contributed by atoms with Crippen LogP contribution in [-0.4, -0.2) is 12.8 Å². The molecule has 3 rings (SSSR count). The van der Waals surface area contributed by atoms with Crippen LogP contribution >= 0.6 is 0 Å². The maximum atomic E-state index is 14.3. The van der Waals surface area contributed by atoms with Gasteiger partial charge < -0.3 is 9.47 Å². The summed E-state index contributed by atoms with van der Waals surface area (Å²) in [5.41, 5.74) is 0. The molecule has 4 heteroatoms. The lowest BCUT2D eigenvalue weighted by molar-refractivity contribution is 0.0988. The van der Waals surface area contributed by atoms with Crippen LogP contribution in [0, 0.1) is 5.82 Å². The Morgan fingerprint density at radius 3 is 2.70 bits per heavy atom. The Kier molecular flexibility index (Phi) is 4.42. The van der Waals surface area contributed by atoms with Gasteiger partial charge in [0, 0.05) is 5.39 Å². The van der Waals surface area contributed by atoms with Crippen LogP contribution in [0.4, 0.5) is 9.18 Å². The first-order chi connectivity index (χ1) is 11.2. The number of carbonyl (C=O) groups excluding carboxylic acids is 1. The molecule has 0 atom stereocenters. The maximum absolute atomic E-state index is 14.3. The maximum Gasteiger partial charge on any atom is 0.513 e. The molecule has 118 valence electrons. The second kappa shape index (κ2) is 6.65. The van der Waals surface area contributed by atoms with Crippen molar-refractivity contribution in [3.63, 3.8) is 0 Å². The van der Waals surface area contributed by atoms with Gasteiger partial charge in [0.05, 0.1) is 12.0 Å². The molecule has 0 amide bonds. The molecule has 0 aliphatic carbocycles. The van der Waals surface area contributed by atoms with E-state index in [1.54, 1.807) is 18.2 Å². The molecular formula is C19H17FO3. The molecule has 0 radical (unpaired) electrons. The van der Waals surface area contributed by atoms with Crippen LogP contribution in [0.2, 0.25) is 0 Å². The topological polar surface area (TPSA) is 35.5 Å². The lowest BCUT2D eigenvalue weighted by Gasteiger charge is -2.12. The number of carbonyl (C=O) groups is 1. The van der Waals surface area contributed by atoms with E-state index in [0.29, 0.717) is 22.8 Å². The summed E-state index contributed by atoms with van der Waals surface area (Å²) in [7, 11) is 0. The van der Waals surface area contributed by atoms with Crippen molar-refractivity contribution in [2.45, 2.75) is 19.8 Å². The van der Waals surface area contributed by atoms with Gasteiger partial charge in [-0.05, 0) is 29.3 Å². The van der Waals surface area contributed by atoms with Crippen LogP contribution in [0.15, 0.2) is 48.5 Å². The Bertz CT molecular complexity index is 858. The number of hydrogen-bond acceptors (Lipinski definition) is 3. The molecule has 3 aromatic carbocycles. The second-order valence-electron chi connectivity index (χ2n) is 5.32. The predicted molar refractivity (Wildman–Crippen MR) is 88.3 cm³/mol. The van der Waals surface area contributed by atoms with Crippen molar-refractivity contribution in [2.24, 2.45) is 0 Å². The standard InChI is InChI=1S/C19H17FO3/c1-2-3-11-22-19(21)23-18-15-9-5-4-7-13(15)12-14-8-6-10-16(20)17(14)18/h4-10,12H,2-3,11H2,1H3. The minimum atomic E-state index is -0.806. The van der Waals surface area contributed by atoms with Gasteiger partial charge in [0.2, 0.25) is 0 Å². The molecule has 23 heavy (non-hydrogen) atoms. The van der Waals surface area contributed by atoms with Gasteiger partial charge in [0.25, 0.3) is 0 Å². The van der Waals surface area contributed by atoms with E-state index in [1.807, 2.05) is 31.2 Å². The van der Waals surface area contributed by atoms with E-state index >= 15 is 0 Å². The largest absolute Gasteiger partial charge is 0.513 e. The van der Waals surface area contributed by atoms with E-state index in [0.717, 1.165) is 18.2 Å². The molecule has 0 aliphatic rings. The fourth-order valence-corrected chi connectivity index (χ4v) is 2.55.